The molecule has 3 rings (SSSR count). The summed E-state index contributed by atoms with van der Waals surface area (Å²) in [5.74, 6) is 3.97. The Morgan fingerprint density at radius 3 is 2.87 bits per heavy atom. The minimum absolute atomic E-state index is 0. The lowest BCUT2D eigenvalue weighted by molar-refractivity contribution is 0.604. The van der Waals surface area contributed by atoms with Gasteiger partial charge in [0.15, 0.2) is 5.96 Å². The molecule has 0 radical (unpaired) electrons. The SMILES string of the molecule is CCNC(=NCCc1nnc2n1CCCCC2)NC1CC1C.I. The second-order valence-electron chi connectivity index (χ2n) is 6.47. The maximum absolute atomic E-state index is 4.69. The third kappa shape index (κ3) is 5.06. The van der Waals surface area contributed by atoms with Gasteiger partial charge in [0.25, 0.3) is 0 Å². The van der Waals surface area contributed by atoms with Crippen molar-refractivity contribution in [1.29, 1.82) is 0 Å². The van der Waals surface area contributed by atoms with Crippen LogP contribution in [0.15, 0.2) is 4.99 Å². The molecule has 0 bridgehead atoms. The maximum atomic E-state index is 4.69. The molecule has 1 aliphatic carbocycles. The quantitative estimate of drug-likeness (QED) is 0.425. The molecule has 23 heavy (non-hydrogen) atoms. The zero-order chi connectivity index (χ0) is 15.4. The van der Waals surface area contributed by atoms with E-state index in [4.69, 9.17) is 0 Å². The predicted molar refractivity (Wildman–Crippen MR) is 103 cm³/mol. The van der Waals surface area contributed by atoms with E-state index < -0.39 is 0 Å². The molecule has 2 atom stereocenters. The predicted octanol–water partition coefficient (Wildman–Crippen LogP) is 2.13. The molecule has 1 saturated carbocycles. The van der Waals surface area contributed by atoms with E-state index in [0.29, 0.717) is 6.04 Å². The lowest BCUT2D eigenvalue weighted by Crippen LogP contribution is -2.39. The Bertz CT molecular complexity index is 527. The molecular formula is C16H29IN6. The third-order valence-corrected chi connectivity index (χ3v) is 4.57. The third-order valence-electron chi connectivity index (χ3n) is 4.57. The Hall–Kier alpha value is -0.860. The van der Waals surface area contributed by atoms with Gasteiger partial charge in [-0.1, -0.05) is 13.3 Å². The van der Waals surface area contributed by atoms with E-state index in [-0.39, 0.29) is 24.0 Å². The molecule has 0 saturated heterocycles. The van der Waals surface area contributed by atoms with Crippen LogP contribution in [-0.2, 0) is 19.4 Å². The van der Waals surface area contributed by atoms with E-state index in [1.807, 2.05) is 0 Å². The highest BCUT2D eigenvalue weighted by Gasteiger charge is 2.33. The van der Waals surface area contributed by atoms with Crippen LogP contribution in [0.1, 0.15) is 51.2 Å². The normalized spacial score (nSPS) is 23.5. The number of aryl methyl sites for hydroxylation is 1. The van der Waals surface area contributed by atoms with E-state index in [0.717, 1.165) is 56.0 Å². The summed E-state index contributed by atoms with van der Waals surface area (Å²) in [6.45, 7) is 7.10. The van der Waals surface area contributed by atoms with Crippen LogP contribution in [0.2, 0.25) is 0 Å². The second kappa shape index (κ2) is 8.84. The minimum atomic E-state index is 0. The van der Waals surface area contributed by atoms with Crippen molar-refractivity contribution in [3.63, 3.8) is 0 Å². The lowest BCUT2D eigenvalue weighted by atomic mass is 10.2. The van der Waals surface area contributed by atoms with E-state index in [9.17, 15) is 0 Å². The Balaban J connectivity index is 0.00000192. The van der Waals surface area contributed by atoms with Crippen molar-refractivity contribution in [2.75, 3.05) is 13.1 Å². The average molecular weight is 432 g/mol. The first-order valence-electron chi connectivity index (χ1n) is 8.73. The van der Waals surface area contributed by atoms with Gasteiger partial charge in [-0.3, -0.25) is 4.99 Å². The summed E-state index contributed by atoms with van der Waals surface area (Å²) in [7, 11) is 0. The molecule has 1 aliphatic heterocycles. The topological polar surface area (TPSA) is 67.1 Å². The monoisotopic (exact) mass is 432 g/mol. The summed E-state index contributed by atoms with van der Waals surface area (Å²) in [4.78, 5) is 4.69. The number of rotatable bonds is 5. The van der Waals surface area contributed by atoms with Crippen molar-refractivity contribution < 1.29 is 0 Å². The highest BCUT2D eigenvalue weighted by atomic mass is 127. The zero-order valence-corrected chi connectivity index (χ0v) is 16.5. The van der Waals surface area contributed by atoms with Crippen LogP contribution in [0.25, 0.3) is 0 Å². The highest BCUT2D eigenvalue weighted by Crippen LogP contribution is 2.28. The Labute approximate surface area is 155 Å². The van der Waals surface area contributed by atoms with Crippen LogP contribution in [0.5, 0.6) is 0 Å². The first-order valence-corrected chi connectivity index (χ1v) is 8.73. The van der Waals surface area contributed by atoms with E-state index in [1.165, 1.54) is 25.7 Å². The van der Waals surface area contributed by atoms with Gasteiger partial charge in [-0.2, -0.15) is 0 Å². The molecule has 1 aromatic heterocycles. The van der Waals surface area contributed by atoms with Crippen molar-refractivity contribution in [1.82, 2.24) is 25.4 Å². The van der Waals surface area contributed by atoms with Crippen LogP contribution in [0.4, 0.5) is 0 Å². The smallest absolute Gasteiger partial charge is 0.191 e. The molecular weight excluding hydrogens is 403 g/mol. The molecule has 130 valence electrons. The van der Waals surface area contributed by atoms with Gasteiger partial charge < -0.3 is 15.2 Å². The van der Waals surface area contributed by atoms with Crippen LogP contribution in [0.3, 0.4) is 0 Å². The van der Waals surface area contributed by atoms with Crippen molar-refractivity contribution in [3.05, 3.63) is 11.6 Å². The number of halogens is 1. The number of nitrogens with zero attached hydrogens (tertiary/aromatic N) is 4. The van der Waals surface area contributed by atoms with Gasteiger partial charge in [-0.05, 0) is 32.1 Å². The molecule has 2 N–H and O–H groups in total. The molecule has 7 heteroatoms. The number of aliphatic imine (C=N–C) groups is 1. The van der Waals surface area contributed by atoms with Crippen molar-refractivity contribution in [2.45, 2.75) is 65.0 Å². The molecule has 0 spiro atoms. The fraction of sp³-hybridized carbons (Fsp3) is 0.812. The second-order valence-corrected chi connectivity index (χ2v) is 6.47. The molecule has 6 nitrogen and oxygen atoms in total. The average Bonchev–Trinajstić information content (AvgIpc) is 3.15. The van der Waals surface area contributed by atoms with E-state index in [1.54, 1.807) is 0 Å². The van der Waals surface area contributed by atoms with Crippen molar-refractivity contribution in [3.8, 4) is 0 Å². The molecule has 2 aliphatic rings. The minimum Gasteiger partial charge on any atom is -0.357 e. The molecule has 0 amide bonds. The number of hydrogen-bond acceptors (Lipinski definition) is 3. The van der Waals surface area contributed by atoms with E-state index in [2.05, 4.69) is 44.2 Å². The summed E-state index contributed by atoms with van der Waals surface area (Å²) >= 11 is 0. The zero-order valence-electron chi connectivity index (χ0n) is 14.2. The standard InChI is InChI=1S/C16H28N6.HI/c1-3-17-16(19-13-11-12(13)2)18-9-8-15-21-20-14-7-5-4-6-10-22(14)15;/h12-13H,3-11H2,1-2H3,(H2,17,18,19);1H. The first-order chi connectivity index (χ1) is 10.8. The fourth-order valence-electron chi connectivity index (χ4n) is 3.02. The van der Waals surface area contributed by atoms with Crippen LogP contribution < -0.4 is 10.6 Å². The largest absolute Gasteiger partial charge is 0.357 e. The summed E-state index contributed by atoms with van der Waals surface area (Å²) in [5.41, 5.74) is 0. The molecule has 2 unspecified atom stereocenters. The number of fused-ring (bicyclic) bond motifs is 1. The summed E-state index contributed by atoms with van der Waals surface area (Å²) in [6.07, 6.45) is 6.97. The summed E-state index contributed by atoms with van der Waals surface area (Å²) < 4.78 is 2.31. The van der Waals surface area contributed by atoms with Gasteiger partial charge in [0.05, 0.1) is 0 Å². The van der Waals surface area contributed by atoms with E-state index >= 15 is 0 Å². The summed E-state index contributed by atoms with van der Waals surface area (Å²) in [6, 6.07) is 0.599. The van der Waals surface area contributed by atoms with Gasteiger partial charge in [0.2, 0.25) is 0 Å². The highest BCUT2D eigenvalue weighted by molar-refractivity contribution is 14.0. The van der Waals surface area contributed by atoms with Crippen molar-refractivity contribution in [2.24, 2.45) is 10.9 Å². The molecule has 1 fully saturated rings. The molecule has 1 aromatic rings. The van der Waals surface area contributed by atoms with Gasteiger partial charge in [0.1, 0.15) is 11.6 Å². The number of guanidine groups is 1. The summed E-state index contributed by atoms with van der Waals surface area (Å²) in [5, 5.41) is 15.5. The number of hydrogen-bond donors (Lipinski definition) is 2. The Morgan fingerprint density at radius 2 is 2.13 bits per heavy atom. The van der Waals surface area contributed by atoms with Crippen LogP contribution in [-0.4, -0.2) is 39.9 Å². The fourth-order valence-corrected chi connectivity index (χ4v) is 3.02. The van der Waals surface area contributed by atoms with Gasteiger partial charge in [0, 0.05) is 38.5 Å². The number of nitrogens with one attached hydrogen (secondary N) is 2. The Kier molecular flexibility index (Phi) is 7.10. The Morgan fingerprint density at radius 1 is 1.30 bits per heavy atom. The van der Waals surface area contributed by atoms with Gasteiger partial charge in [-0.15, -0.1) is 34.2 Å². The van der Waals surface area contributed by atoms with Crippen LogP contribution in [0, 0.1) is 5.92 Å². The van der Waals surface area contributed by atoms with Crippen molar-refractivity contribution >= 4 is 29.9 Å². The molecule has 0 aromatic carbocycles. The van der Waals surface area contributed by atoms with Crippen LogP contribution >= 0.6 is 24.0 Å². The maximum Gasteiger partial charge on any atom is 0.191 e. The van der Waals surface area contributed by atoms with Gasteiger partial charge in [-0.25, -0.2) is 0 Å². The lowest BCUT2D eigenvalue weighted by Gasteiger charge is -2.11. The molecule has 2 heterocycles. The number of aromatic nitrogens is 3. The van der Waals surface area contributed by atoms with Gasteiger partial charge >= 0.3 is 0 Å². The first kappa shape index (κ1) is 18.5.